The molecule has 0 bridgehead atoms. The van der Waals surface area contributed by atoms with Crippen LogP contribution >= 0.6 is 0 Å². The van der Waals surface area contributed by atoms with Crippen LogP contribution in [0.15, 0.2) is 11.6 Å². The molecule has 0 atom stereocenters. The number of alkyl halides is 3. The van der Waals surface area contributed by atoms with Crippen molar-refractivity contribution in [3.05, 3.63) is 11.6 Å². The third-order valence-corrected chi connectivity index (χ3v) is 3.58. The second-order valence-electron chi connectivity index (χ2n) is 5.03. The van der Waals surface area contributed by atoms with Crippen molar-refractivity contribution in [2.45, 2.75) is 19.0 Å². The molecule has 0 saturated carbocycles. The summed E-state index contributed by atoms with van der Waals surface area (Å²) in [6.07, 6.45) is -1.89. The van der Waals surface area contributed by atoms with E-state index < -0.39 is 12.1 Å². The van der Waals surface area contributed by atoms with E-state index in [9.17, 15) is 22.8 Å². The van der Waals surface area contributed by atoms with Crippen LogP contribution in [-0.4, -0.2) is 67.2 Å². The zero-order valence-corrected chi connectivity index (χ0v) is 11.5. The molecule has 5 nitrogen and oxygen atoms in total. The van der Waals surface area contributed by atoms with Crippen LogP contribution in [-0.2, 0) is 14.3 Å². The van der Waals surface area contributed by atoms with Crippen molar-refractivity contribution in [3.63, 3.8) is 0 Å². The Hall–Kier alpha value is -1.57. The predicted octanol–water partition coefficient (Wildman–Crippen LogP) is 0.956. The maximum atomic E-state index is 12.3. The van der Waals surface area contributed by atoms with E-state index in [-0.39, 0.29) is 32.1 Å². The fourth-order valence-corrected chi connectivity index (χ4v) is 2.35. The van der Waals surface area contributed by atoms with Gasteiger partial charge in [-0.05, 0) is 12.8 Å². The number of hydrogen-bond acceptors (Lipinski definition) is 3. The molecule has 0 spiro atoms. The number of carbonyl (C=O) groups excluding carboxylic acids is 2. The summed E-state index contributed by atoms with van der Waals surface area (Å²) >= 11 is 0. The SMILES string of the molecule is O=C(C=C1CCOCC1)N1CCN(C(=O)C(F)(F)F)CC1. The first-order valence-electron chi connectivity index (χ1n) is 6.80. The molecule has 0 aliphatic carbocycles. The van der Waals surface area contributed by atoms with Crippen LogP contribution in [0.4, 0.5) is 13.2 Å². The molecule has 2 amide bonds. The van der Waals surface area contributed by atoms with Gasteiger partial charge in [0, 0.05) is 32.3 Å². The average Bonchev–Trinajstić information content (AvgIpc) is 2.46. The topological polar surface area (TPSA) is 49.9 Å². The number of piperazine rings is 1. The van der Waals surface area contributed by atoms with Gasteiger partial charge in [-0.25, -0.2) is 0 Å². The highest BCUT2D eigenvalue weighted by atomic mass is 19.4. The second-order valence-corrected chi connectivity index (χ2v) is 5.03. The van der Waals surface area contributed by atoms with Gasteiger partial charge in [0.15, 0.2) is 0 Å². The lowest BCUT2D eigenvalue weighted by Gasteiger charge is -2.34. The lowest BCUT2D eigenvalue weighted by Crippen LogP contribution is -2.53. The Morgan fingerprint density at radius 2 is 1.52 bits per heavy atom. The van der Waals surface area contributed by atoms with Gasteiger partial charge in [-0.1, -0.05) is 5.57 Å². The Morgan fingerprint density at radius 3 is 2.05 bits per heavy atom. The smallest absolute Gasteiger partial charge is 0.381 e. The summed E-state index contributed by atoms with van der Waals surface area (Å²) < 4.78 is 42.1. The van der Waals surface area contributed by atoms with Crippen molar-refractivity contribution in [2.75, 3.05) is 39.4 Å². The molecule has 118 valence electrons. The molecule has 2 heterocycles. The largest absolute Gasteiger partial charge is 0.471 e. The molecule has 2 rings (SSSR count). The molecule has 0 aromatic rings. The van der Waals surface area contributed by atoms with Crippen molar-refractivity contribution in [1.82, 2.24) is 9.80 Å². The first-order chi connectivity index (χ1) is 9.88. The number of halogens is 3. The lowest BCUT2D eigenvalue weighted by molar-refractivity contribution is -0.187. The minimum Gasteiger partial charge on any atom is -0.381 e. The molecule has 2 fully saturated rings. The third-order valence-electron chi connectivity index (χ3n) is 3.58. The van der Waals surface area contributed by atoms with Gasteiger partial charge >= 0.3 is 12.1 Å². The van der Waals surface area contributed by atoms with Gasteiger partial charge in [-0.15, -0.1) is 0 Å². The molecule has 2 aliphatic rings. The maximum absolute atomic E-state index is 12.3. The first-order valence-corrected chi connectivity index (χ1v) is 6.80. The Balaban J connectivity index is 1.86. The quantitative estimate of drug-likeness (QED) is 0.678. The summed E-state index contributed by atoms with van der Waals surface area (Å²) in [5, 5.41) is 0. The van der Waals surface area contributed by atoms with Gasteiger partial charge in [-0.2, -0.15) is 13.2 Å². The number of rotatable bonds is 1. The molecular formula is C13H17F3N2O3. The lowest BCUT2D eigenvalue weighted by atomic mass is 10.1. The van der Waals surface area contributed by atoms with Gasteiger partial charge in [0.05, 0.1) is 13.2 Å². The molecule has 8 heteroatoms. The number of hydrogen-bond donors (Lipinski definition) is 0. The highest BCUT2D eigenvalue weighted by Gasteiger charge is 2.43. The molecule has 2 saturated heterocycles. The zero-order chi connectivity index (χ0) is 15.5. The standard InChI is InChI=1S/C13H17F3N2O3/c14-13(15,16)12(20)18-5-3-17(4-6-18)11(19)9-10-1-7-21-8-2-10/h9H,1-8H2. The van der Waals surface area contributed by atoms with Crippen molar-refractivity contribution >= 4 is 11.8 Å². The first kappa shape index (κ1) is 15.8. The summed E-state index contributed by atoms with van der Waals surface area (Å²) in [4.78, 5) is 25.3. The summed E-state index contributed by atoms with van der Waals surface area (Å²) in [6, 6.07) is 0. The molecule has 0 N–H and O–H groups in total. The Bertz CT molecular complexity index is 432. The minimum absolute atomic E-state index is 0.0869. The Labute approximate surface area is 120 Å². The highest BCUT2D eigenvalue weighted by molar-refractivity contribution is 5.89. The Morgan fingerprint density at radius 1 is 1.00 bits per heavy atom. The van der Waals surface area contributed by atoms with Crippen molar-refractivity contribution in [2.24, 2.45) is 0 Å². The monoisotopic (exact) mass is 306 g/mol. The number of amides is 2. The molecular weight excluding hydrogens is 289 g/mol. The maximum Gasteiger partial charge on any atom is 0.471 e. The van der Waals surface area contributed by atoms with E-state index in [1.165, 1.54) is 4.90 Å². The zero-order valence-electron chi connectivity index (χ0n) is 11.5. The van der Waals surface area contributed by atoms with Crippen LogP contribution in [0.2, 0.25) is 0 Å². The summed E-state index contributed by atoms with van der Waals surface area (Å²) in [5.41, 5.74) is 1.00. The fourth-order valence-electron chi connectivity index (χ4n) is 2.35. The van der Waals surface area contributed by atoms with E-state index in [1.54, 1.807) is 6.08 Å². The van der Waals surface area contributed by atoms with E-state index in [0.29, 0.717) is 26.1 Å². The summed E-state index contributed by atoms with van der Waals surface area (Å²) in [7, 11) is 0. The van der Waals surface area contributed by atoms with Crippen LogP contribution in [0.3, 0.4) is 0 Å². The van der Waals surface area contributed by atoms with Gasteiger partial charge in [0.25, 0.3) is 0 Å². The van der Waals surface area contributed by atoms with Gasteiger partial charge in [-0.3, -0.25) is 9.59 Å². The van der Waals surface area contributed by atoms with E-state index in [0.717, 1.165) is 10.5 Å². The highest BCUT2D eigenvalue weighted by Crippen LogP contribution is 2.20. The number of ether oxygens (including phenoxy) is 1. The van der Waals surface area contributed by atoms with E-state index in [4.69, 9.17) is 4.74 Å². The minimum atomic E-state index is -4.85. The van der Waals surface area contributed by atoms with E-state index in [1.807, 2.05) is 0 Å². The number of carbonyl (C=O) groups is 2. The molecule has 0 aromatic carbocycles. The van der Waals surface area contributed by atoms with Crippen molar-refractivity contribution < 1.29 is 27.5 Å². The second kappa shape index (κ2) is 6.46. The van der Waals surface area contributed by atoms with Crippen LogP contribution < -0.4 is 0 Å². The van der Waals surface area contributed by atoms with Crippen molar-refractivity contribution in [1.29, 1.82) is 0 Å². The predicted molar refractivity (Wildman–Crippen MR) is 67.4 cm³/mol. The Kier molecular flexibility index (Phi) is 4.87. The average molecular weight is 306 g/mol. The van der Waals surface area contributed by atoms with Gasteiger partial charge in [0.1, 0.15) is 0 Å². The third kappa shape index (κ3) is 4.20. The fraction of sp³-hybridized carbons (Fsp3) is 0.692. The van der Waals surface area contributed by atoms with E-state index in [2.05, 4.69) is 0 Å². The normalized spacial score (nSPS) is 20.4. The molecule has 2 aliphatic heterocycles. The van der Waals surface area contributed by atoms with Crippen LogP contribution in [0.1, 0.15) is 12.8 Å². The van der Waals surface area contributed by atoms with Gasteiger partial charge in [0.2, 0.25) is 5.91 Å². The van der Waals surface area contributed by atoms with Gasteiger partial charge < -0.3 is 14.5 Å². The van der Waals surface area contributed by atoms with Crippen LogP contribution in [0.25, 0.3) is 0 Å². The van der Waals surface area contributed by atoms with Crippen LogP contribution in [0, 0.1) is 0 Å². The molecule has 0 unspecified atom stereocenters. The van der Waals surface area contributed by atoms with E-state index >= 15 is 0 Å². The molecule has 0 aromatic heterocycles. The molecule has 21 heavy (non-hydrogen) atoms. The van der Waals surface area contributed by atoms with Crippen molar-refractivity contribution in [3.8, 4) is 0 Å². The molecule has 0 radical (unpaired) electrons. The number of nitrogens with zero attached hydrogens (tertiary/aromatic N) is 2. The summed E-state index contributed by atoms with van der Waals surface area (Å²) in [6.45, 7) is 1.26. The van der Waals surface area contributed by atoms with Crippen LogP contribution in [0.5, 0.6) is 0 Å². The summed E-state index contributed by atoms with van der Waals surface area (Å²) in [5.74, 6) is -2.04.